The fourth-order valence-corrected chi connectivity index (χ4v) is 1.44. The van der Waals surface area contributed by atoms with Gasteiger partial charge in [-0.3, -0.25) is 0 Å². The third-order valence-corrected chi connectivity index (χ3v) is 2.39. The van der Waals surface area contributed by atoms with E-state index in [1.165, 1.54) is 11.1 Å². The maximum atomic E-state index is 3.36. The molecule has 19 heavy (non-hydrogen) atoms. The minimum absolute atomic E-state index is 1.13. The van der Waals surface area contributed by atoms with Crippen molar-refractivity contribution >= 4 is 11.4 Å². The first kappa shape index (κ1) is 17.2. The molecule has 0 aliphatic carbocycles. The highest BCUT2D eigenvalue weighted by Gasteiger charge is 1.93. The molecule has 0 unspecified atom stereocenters. The van der Waals surface area contributed by atoms with E-state index >= 15 is 0 Å². The van der Waals surface area contributed by atoms with Crippen molar-refractivity contribution < 1.29 is 0 Å². The van der Waals surface area contributed by atoms with E-state index in [1.54, 1.807) is 0 Å². The number of hydrogen-bond donors (Lipinski definition) is 1. The summed E-state index contributed by atoms with van der Waals surface area (Å²) in [6, 6.07) is 16.8. The largest absolute Gasteiger partial charge is 0.356 e. The molecule has 0 amide bonds. The Balaban J connectivity index is 0.000000741. The van der Waals surface area contributed by atoms with Crippen molar-refractivity contribution in [2.24, 2.45) is 0 Å². The SMILES string of the molecule is CC.CC.Cc1ccc(Nc2ccc(C)cc2)cc1. The summed E-state index contributed by atoms with van der Waals surface area (Å²) >= 11 is 0. The zero-order valence-corrected chi connectivity index (χ0v) is 13.1. The first-order chi connectivity index (χ1) is 9.24. The van der Waals surface area contributed by atoms with E-state index in [0.717, 1.165) is 11.4 Å². The van der Waals surface area contributed by atoms with E-state index in [-0.39, 0.29) is 0 Å². The van der Waals surface area contributed by atoms with Gasteiger partial charge in [0.2, 0.25) is 0 Å². The molecule has 0 spiro atoms. The van der Waals surface area contributed by atoms with Crippen LogP contribution in [0.4, 0.5) is 11.4 Å². The van der Waals surface area contributed by atoms with E-state index in [4.69, 9.17) is 0 Å². The second-order valence-electron chi connectivity index (χ2n) is 3.86. The normalized spacial score (nSPS) is 8.53. The molecule has 0 radical (unpaired) electrons. The lowest BCUT2D eigenvalue weighted by molar-refractivity contribution is 1.43. The maximum Gasteiger partial charge on any atom is 0.0384 e. The summed E-state index contributed by atoms with van der Waals surface area (Å²) in [4.78, 5) is 0. The Hall–Kier alpha value is -1.76. The quantitative estimate of drug-likeness (QED) is 0.685. The van der Waals surface area contributed by atoms with Gasteiger partial charge in [-0.2, -0.15) is 0 Å². The average molecular weight is 257 g/mol. The molecule has 0 aliphatic heterocycles. The fourth-order valence-electron chi connectivity index (χ4n) is 1.44. The maximum absolute atomic E-state index is 3.36. The second kappa shape index (κ2) is 10.2. The lowest BCUT2D eigenvalue weighted by Crippen LogP contribution is -1.89. The first-order valence-corrected chi connectivity index (χ1v) is 7.14. The van der Waals surface area contributed by atoms with Crippen LogP contribution in [0.25, 0.3) is 0 Å². The summed E-state index contributed by atoms with van der Waals surface area (Å²) in [5.74, 6) is 0. The Labute approximate surface area is 118 Å². The fraction of sp³-hybridized carbons (Fsp3) is 0.333. The summed E-state index contributed by atoms with van der Waals surface area (Å²) in [5.41, 5.74) is 4.82. The second-order valence-corrected chi connectivity index (χ2v) is 3.86. The number of aryl methyl sites for hydroxylation is 2. The van der Waals surface area contributed by atoms with Crippen molar-refractivity contribution in [3.05, 3.63) is 59.7 Å². The van der Waals surface area contributed by atoms with Crippen molar-refractivity contribution in [3.8, 4) is 0 Å². The van der Waals surface area contributed by atoms with Gasteiger partial charge in [-0.25, -0.2) is 0 Å². The van der Waals surface area contributed by atoms with Gasteiger partial charge in [-0.15, -0.1) is 0 Å². The number of anilines is 2. The monoisotopic (exact) mass is 257 g/mol. The highest BCUT2D eigenvalue weighted by Crippen LogP contribution is 2.17. The van der Waals surface area contributed by atoms with Crippen LogP contribution in [0.3, 0.4) is 0 Å². The minimum atomic E-state index is 1.13. The van der Waals surface area contributed by atoms with Gasteiger partial charge in [0.05, 0.1) is 0 Å². The molecular weight excluding hydrogens is 230 g/mol. The topological polar surface area (TPSA) is 12.0 Å². The lowest BCUT2D eigenvalue weighted by atomic mass is 10.2. The molecule has 0 heterocycles. The van der Waals surface area contributed by atoms with Crippen molar-refractivity contribution in [1.82, 2.24) is 0 Å². The highest BCUT2D eigenvalue weighted by atomic mass is 14.9. The van der Waals surface area contributed by atoms with Crippen molar-refractivity contribution in [2.45, 2.75) is 41.5 Å². The van der Waals surface area contributed by atoms with Crippen molar-refractivity contribution in [1.29, 1.82) is 0 Å². The summed E-state index contributed by atoms with van der Waals surface area (Å²) in [6.07, 6.45) is 0. The third kappa shape index (κ3) is 6.66. The van der Waals surface area contributed by atoms with E-state index in [9.17, 15) is 0 Å². The van der Waals surface area contributed by atoms with Crippen LogP contribution in [0.5, 0.6) is 0 Å². The molecule has 1 nitrogen and oxygen atoms in total. The zero-order valence-electron chi connectivity index (χ0n) is 13.1. The van der Waals surface area contributed by atoms with Gasteiger partial charge in [-0.05, 0) is 38.1 Å². The van der Waals surface area contributed by atoms with Gasteiger partial charge in [0.25, 0.3) is 0 Å². The molecule has 0 aliphatic rings. The van der Waals surface area contributed by atoms with Crippen LogP contribution in [-0.4, -0.2) is 0 Å². The molecule has 0 bridgehead atoms. The number of nitrogens with one attached hydrogen (secondary N) is 1. The molecule has 2 aromatic carbocycles. The standard InChI is InChI=1S/C14H15N.2C2H6/c1-11-3-7-13(8-4-11)15-14-9-5-12(2)6-10-14;2*1-2/h3-10,15H,1-2H3;2*1-2H3. The summed E-state index contributed by atoms with van der Waals surface area (Å²) < 4.78 is 0. The molecule has 0 fully saturated rings. The predicted octanol–water partition coefficient (Wildman–Crippen LogP) is 6.10. The first-order valence-electron chi connectivity index (χ1n) is 7.14. The van der Waals surface area contributed by atoms with Gasteiger partial charge in [0.15, 0.2) is 0 Å². The number of hydrogen-bond acceptors (Lipinski definition) is 1. The Morgan fingerprint density at radius 2 is 0.789 bits per heavy atom. The van der Waals surface area contributed by atoms with Crippen molar-refractivity contribution in [3.63, 3.8) is 0 Å². The van der Waals surface area contributed by atoms with Crippen LogP contribution in [0, 0.1) is 13.8 Å². The third-order valence-electron chi connectivity index (χ3n) is 2.39. The average Bonchev–Trinajstić information content (AvgIpc) is 2.48. The smallest absolute Gasteiger partial charge is 0.0384 e. The molecule has 2 aromatic rings. The number of benzene rings is 2. The Morgan fingerprint density at radius 1 is 0.526 bits per heavy atom. The van der Waals surface area contributed by atoms with Gasteiger partial charge in [0.1, 0.15) is 0 Å². The Kier molecular flexibility index (Phi) is 9.25. The van der Waals surface area contributed by atoms with E-state index in [0.29, 0.717) is 0 Å². The van der Waals surface area contributed by atoms with Crippen LogP contribution in [0.15, 0.2) is 48.5 Å². The summed E-state index contributed by atoms with van der Waals surface area (Å²) in [5, 5.41) is 3.36. The molecule has 0 atom stereocenters. The van der Waals surface area contributed by atoms with E-state index in [1.807, 2.05) is 27.7 Å². The van der Waals surface area contributed by atoms with Crippen LogP contribution >= 0.6 is 0 Å². The van der Waals surface area contributed by atoms with Crippen LogP contribution < -0.4 is 5.32 Å². The molecule has 1 heteroatoms. The molecule has 2 rings (SSSR count). The van der Waals surface area contributed by atoms with Crippen LogP contribution in [0.2, 0.25) is 0 Å². The van der Waals surface area contributed by atoms with Crippen LogP contribution in [0.1, 0.15) is 38.8 Å². The summed E-state index contributed by atoms with van der Waals surface area (Å²) in [6.45, 7) is 12.2. The Morgan fingerprint density at radius 3 is 1.05 bits per heavy atom. The Bertz CT molecular complexity index is 383. The minimum Gasteiger partial charge on any atom is -0.356 e. The molecule has 0 aromatic heterocycles. The van der Waals surface area contributed by atoms with Gasteiger partial charge in [-0.1, -0.05) is 63.1 Å². The molecule has 0 saturated heterocycles. The van der Waals surface area contributed by atoms with Gasteiger partial charge >= 0.3 is 0 Å². The predicted molar refractivity (Wildman–Crippen MR) is 88.3 cm³/mol. The van der Waals surface area contributed by atoms with Crippen molar-refractivity contribution in [2.75, 3.05) is 5.32 Å². The van der Waals surface area contributed by atoms with E-state index in [2.05, 4.69) is 67.7 Å². The molecule has 1 N–H and O–H groups in total. The van der Waals surface area contributed by atoms with Gasteiger partial charge in [0, 0.05) is 11.4 Å². The summed E-state index contributed by atoms with van der Waals surface area (Å²) in [7, 11) is 0. The zero-order chi connectivity index (χ0) is 14.7. The lowest BCUT2D eigenvalue weighted by Gasteiger charge is -2.06. The van der Waals surface area contributed by atoms with E-state index < -0.39 is 0 Å². The highest BCUT2D eigenvalue weighted by molar-refractivity contribution is 5.59. The number of rotatable bonds is 2. The van der Waals surface area contributed by atoms with Gasteiger partial charge < -0.3 is 5.32 Å². The molecule has 0 saturated carbocycles. The molecule has 104 valence electrons. The molecular formula is C18H27N. The van der Waals surface area contributed by atoms with Crippen LogP contribution in [-0.2, 0) is 0 Å².